The predicted octanol–water partition coefficient (Wildman–Crippen LogP) is 3.15. The Bertz CT molecular complexity index is 830. The van der Waals surface area contributed by atoms with Crippen molar-refractivity contribution in [1.29, 1.82) is 0 Å². The molecule has 0 spiro atoms. The molecule has 2 amide bonds. The van der Waals surface area contributed by atoms with Gasteiger partial charge >= 0.3 is 0 Å². The van der Waals surface area contributed by atoms with Crippen LogP contribution in [0.25, 0.3) is 0 Å². The van der Waals surface area contributed by atoms with Crippen molar-refractivity contribution in [3.8, 4) is 0 Å². The summed E-state index contributed by atoms with van der Waals surface area (Å²) in [6.07, 6.45) is 4.00. The maximum Gasteiger partial charge on any atom is 0.229 e. The van der Waals surface area contributed by atoms with E-state index >= 15 is 0 Å². The lowest BCUT2D eigenvalue weighted by molar-refractivity contribution is -0.131. The van der Waals surface area contributed by atoms with Crippen LogP contribution in [0.5, 0.6) is 0 Å². The molecule has 136 valence electrons. The summed E-state index contributed by atoms with van der Waals surface area (Å²) >= 11 is 1.46. The zero-order valence-corrected chi connectivity index (χ0v) is 15.2. The summed E-state index contributed by atoms with van der Waals surface area (Å²) in [6.45, 7) is 1.14. The molecule has 0 radical (unpaired) electrons. The van der Waals surface area contributed by atoms with E-state index in [1.54, 1.807) is 17.0 Å². The minimum atomic E-state index is -0.301. The molecule has 2 heterocycles. The fourth-order valence-corrected chi connectivity index (χ4v) is 4.26. The number of carbonyl (C=O) groups is 2. The predicted molar refractivity (Wildman–Crippen MR) is 97.3 cm³/mol. The summed E-state index contributed by atoms with van der Waals surface area (Å²) < 4.78 is 13.0. The second-order valence-electron chi connectivity index (χ2n) is 6.87. The zero-order valence-electron chi connectivity index (χ0n) is 14.3. The van der Waals surface area contributed by atoms with E-state index in [9.17, 15) is 14.0 Å². The molecule has 1 saturated carbocycles. The monoisotopic (exact) mass is 373 g/mol. The highest BCUT2D eigenvalue weighted by Crippen LogP contribution is 2.31. The standard InChI is InChI=1S/C19H20FN3O2S/c20-14-6-4-12(5-7-14)10-17(24)23-9-8-15-16(11-23)26-19(21-15)22-18(25)13-2-1-3-13/h4-7,13H,1-3,8-11H2,(H,21,22,25). The summed E-state index contributed by atoms with van der Waals surface area (Å²) in [4.78, 5) is 32.0. The number of thiazole rings is 1. The number of carbonyl (C=O) groups excluding carboxylic acids is 2. The van der Waals surface area contributed by atoms with Gasteiger partial charge in [0.1, 0.15) is 5.82 Å². The van der Waals surface area contributed by atoms with Crippen molar-refractivity contribution in [2.24, 2.45) is 5.92 Å². The number of rotatable bonds is 4. The summed E-state index contributed by atoms with van der Waals surface area (Å²) in [7, 11) is 0. The third kappa shape index (κ3) is 3.62. The van der Waals surface area contributed by atoms with Crippen molar-refractivity contribution in [3.63, 3.8) is 0 Å². The van der Waals surface area contributed by atoms with Gasteiger partial charge in [0.05, 0.1) is 18.7 Å². The van der Waals surface area contributed by atoms with Crippen molar-refractivity contribution in [3.05, 3.63) is 46.2 Å². The fraction of sp³-hybridized carbons (Fsp3) is 0.421. The van der Waals surface area contributed by atoms with Gasteiger partial charge in [0.25, 0.3) is 0 Å². The van der Waals surface area contributed by atoms with Gasteiger partial charge < -0.3 is 10.2 Å². The van der Waals surface area contributed by atoms with Crippen molar-refractivity contribution in [2.75, 3.05) is 11.9 Å². The van der Waals surface area contributed by atoms with Gasteiger partial charge in [0.2, 0.25) is 11.8 Å². The number of nitrogens with zero attached hydrogens (tertiary/aromatic N) is 2. The van der Waals surface area contributed by atoms with Gasteiger partial charge in [-0.25, -0.2) is 9.37 Å². The van der Waals surface area contributed by atoms with Crippen molar-refractivity contribution >= 4 is 28.3 Å². The SMILES string of the molecule is O=C(Nc1nc2c(s1)CN(C(=O)Cc1ccc(F)cc1)CC2)C1CCC1. The molecule has 2 aromatic rings. The van der Waals surface area contributed by atoms with Crippen molar-refractivity contribution in [1.82, 2.24) is 9.88 Å². The second-order valence-corrected chi connectivity index (χ2v) is 7.96. The molecule has 1 aromatic heterocycles. The normalized spacial score (nSPS) is 16.7. The Morgan fingerprint density at radius 1 is 1.27 bits per heavy atom. The van der Waals surface area contributed by atoms with Crippen LogP contribution in [-0.2, 0) is 29.0 Å². The average molecular weight is 373 g/mol. The smallest absolute Gasteiger partial charge is 0.229 e. The van der Waals surface area contributed by atoms with E-state index < -0.39 is 0 Å². The molecule has 0 unspecified atom stereocenters. The molecule has 26 heavy (non-hydrogen) atoms. The van der Waals surface area contributed by atoms with E-state index in [0.717, 1.165) is 35.4 Å². The highest BCUT2D eigenvalue weighted by atomic mass is 32.1. The number of nitrogens with one attached hydrogen (secondary N) is 1. The average Bonchev–Trinajstić information content (AvgIpc) is 2.96. The largest absolute Gasteiger partial charge is 0.337 e. The lowest BCUT2D eigenvalue weighted by Crippen LogP contribution is -2.36. The van der Waals surface area contributed by atoms with E-state index in [1.165, 1.54) is 23.5 Å². The van der Waals surface area contributed by atoms with Gasteiger partial charge in [-0.05, 0) is 30.5 Å². The van der Waals surface area contributed by atoms with E-state index in [4.69, 9.17) is 0 Å². The van der Waals surface area contributed by atoms with Crippen LogP contribution in [0.3, 0.4) is 0 Å². The molecule has 0 saturated heterocycles. The Morgan fingerprint density at radius 2 is 2.04 bits per heavy atom. The number of halogens is 1. The van der Waals surface area contributed by atoms with Gasteiger partial charge in [-0.15, -0.1) is 0 Å². The van der Waals surface area contributed by atoms with Crippen LogP contribution in [0.1, 0.15) is 35.4 Å². The number of hydrogen-bond donors (Lipinski definition) is 1. The van der Waals surface area contributed by atoms with Gasteiger partial charge in [0, 0.05) is 23.8 Å². The molecule has 1 aliphatic carbocycles. The first-order valence-electron chi connectivity index (χ1n) is 8.90. The van der Waals surface area contributed by atoms with E-state index in [0.29, 0.717) is 24.6 Å². The number of fused-ring (bicyclic) bond motifs is 1. The molecule has 5 nitrogen and oxygen atoms in total. The fourth-order valence-electron chi connectivity index (χ4n) is 3.23. The highest BCUT2D eigenvalue weighted by molar-refractivity contribution is 7.15. The Kier molecular flexibility index (Phi) is 4.72. The quantitative estimate of drug-likeness (QED) is 0.896. The van der Waals surface area contributed by atoms with Gasteiger partial charge in [-0.3, -0.25) is 9.59 Å². The summed E-state index contributed by atoms with van der Waals surface area (Å²) in [5, 5.41) is 3.56. The molecule has 1 fully saturated rings. The molecule has 7 heteroatoms. The van der Waals surface area contributed by atoms with E-state index in [1.807, 2.05) is 0 Å². The summed E-state index contributed by atoms with van der Waals surface area (Å²) in [5.74, 6) is -0.0861. The highest BCUT2D eigenvalue weighted by Gasteiger charge is 2.28. The molecule has 0 bridgehead atoms. The zero-order chi connectivity index (χ0) is 18.1. The topological polar surface area (TPSA) is 62.3 Å². The number of aromatic nitrogens is 1. The number of amides is 2. The maximum atomic E-state index is 13.0. The second kappa shape index (κ2) is 7.15. The van der Waals surface area contributed by atoms with E-state index in [-0.39, 0.29) is 30.0 Å². The molecule has 2 aliphatic rings. The van der Waals surface area contributed by atoms with Gasteiger partial charge in [-0.1, -0.05) is 29.9 Å². The van der Waals surface area contributed by atoms with Crippen LogP contribution in [0, 0.1) is 11.7 Å². The minimum Gasteiger partial charge on any atom is -0.337 e. The third-order valence-corrected chi connectivity index (χ3v) is 6.06. The Hall–Kier alpha value is -2.28. The van der Waals surface area contributed by atoms with Crippen LogP contribution in [0.2, 0.25) is 0 Å². The molecule has 1 aliphatic heterocycles. The molecule has 1 N–H and O–H groups in total. The van der Waals surface area contributed by atoms with Crippen LogP contribution in [0.15, 0.2) is 24.3 Å². The van der Waals surface area contributed by atoms with Gasteiger partial charge in [-0.2, -0.15) is 0 Å². The number of anilines is 1. The van der Waals surface area contributed by atoms with E-state index in [2.05, 4.69) is 10.3 Å². The van der Waals surface area contributed by atoms with Crippen molar-refractivity contribution in [2.45, 2.75) is 38.6 Å². The molecular weight excluding hydrogens is 353 g/mol. The number of hydrogen-bond acceptors (Lipinski definition) is 4. The van der Waals surface area contributed by atoms with Crippen LogP contribution >= 0.6 is 11.3 Å². The summed E-state index contributed by atoms with van der Waals surface area (Å²) in [6, 6.07) is 6.03. The molecule has 1 aromatic carbocycles. The molecule has 0 atom stereocenters. The Labute approximate surface area is 155 Å². The minimum absolute atomic E-state index is 0.0238. The Morgan fingerprint density at radius 3 is 2.73 bits per heavy atom. The Balaban J connectivity index is 1.38. The third-order valence-electron chi connectivity index (χ3n) is 5.06. The van der Waals surface area contributed by atoms with Crippen LogP contribution in [0.4, 0.5) is 9.52 Å². The first-order chi connectivity index (χ1) is 12.6. The summed E-state index contributed by atoms with van der Waals surface area (Å²) in [5.41, 5.74) is 1.78. The first kappa shape index (κ1) is 17.1. The molecular formula is C19H20FN3O2S. The van der Waals surface area contributed by atoms with Crippen LogP contribution < -0.4 is 5.32 Å². The van der Waals surface area contributed by atoms with Crippen molar-refractivity contribution < 1.29 is 14.0 Å². The maximum absolute atomic E-state index is 13.0. The first-order valence-corrected chi connectivity index (χ1v) is 9.72. The lowest BCUT2D eigenvalue weighted by atomic mass is 9.85. The number of benzene rings is 1. The molecule has 4 rings (SSSR count). The lowest BCUT2D eigenvalue weighted by Gasteiger charge is -2.26. The van der Waals surface area contributed by atoms with Crippen LogP contribution in [-0.4, -0.2) is 28.2 Å². The van der Waals surface area contributed by atoms with Gasteiger partial charge in [0.15, 0.2) is 5.13 Å².